The molecule has 3 aliphatic heterocycles. The Balaban J connectivity index is 1.60. The number of carbonyl (C=O) groups excluding carboxylic acids is 3. The molecule has 0 aliphatic carbocycles. The van der Waals surface area contributed by atoms with Gasteiger partial charge in [0.05, 0.1) is 4.90 Å². The third-order valence-corrected chi connectivity index (χ3v) is 9.01. The number of hydrogen-bond donors (Lipinski definition) is 2. The van der Waals surface area contributed by atoms with Crippen LogP contribution in [0.1, 0.15) is 54.9 Å². The summed E-state index contributed by atoms with van der Waals surface area (Å²) in [6.45, 7) is 2.67. The second-order valence-electron chi connectivity index (χ2n) is 8.60. The van der Waals surface area contributed by atoms with Crippen molar-refractivity contribution in [2.75, 3.05) is 19.7 Å². The average molecular weight is 450 g/mol. The number of amides is 3. The maximum absolute atomic E-state index is 13.4. The van der Waals surface area contributed by atoms with Gasteiger partial charge in [-0.3, -0.25) is 19.7 Å². The Morgan fingerprint density at radius 3 is 2.52 bits per heavy atom. The number of fused-ring (bicyclic) bond motifs is 1. The molecule has 0 saturated carbocycles. The molecule has 2 saturated heterocycles. The number of imide groups is 1. The summed E-state index contributed by atoms with van der Waals surface area (Å²) >= 11 is 0. The fraction of sp³-hybridized carbons (Fsp3) is 0.571. The standard InChI is InChI=1S/C21H27N3O6S/c1-2-21(13-25)8-10-23(11-9-21)31(29,30)17-5-3-4-14-15(17)12-24(20(14)28)16-6-7-18(26)22-19(16)27/h3-5,16,25H,2,6-13H2,1H3,(H,22,26,27). The van der Waals surface area contributed by atoms with E-state index < -0.39 is 27.9 Å². The molecule has 0 aromatic heterocycles. The summed E-state index contributed by atoms with van der Waals surface area (Å²) < 4.78 is 28.3. The first-order chi connectivity index (χ1) is 14.7. The zero-order chi connectivity index (χ0) is 22.4. The van der Waals surface area contributed by atoms with Crippen LogP contribution in [0.5, 0.6) is 0 Å². The normalized spacial score (nSPS) is 24.3. The van der Waals surface area contributed by atoms with Crippen molar-refractivity contribution in [3.05, 3.63) is 29.3 Å². The fourth-order valence-corrected chi connectivity index (χ4v) is 6.44. The number of aliphatic hydroxyl groups is 1. The molecule has 1 atom stereocenters. The van der Waals surface area contributed by atoms with E-state index in [0.29, 0.717) is 31.5 Å². The maximum atomic E-state index is 13.4. The molecule has 0 bridgehead atoms. The molecule has 3 amide bonds. The topological polar surface area (TPSA) is 124 Å². The van der Waals surface area contributed by atoms with E-state index in [9.17, 15) is 27.9 Å². The van der Waals surface area contributed by atoms with E-state index in [-0.39, 0.29) is 47.8 Å². The zero-order valence-electron chi connectivity index (χ0n) is 17.5. The van der Waals surface area contributed by atoms with Crippen LogP contribution in [-0.4, -0.2) is 66.2 Å². The van der Waals surface area contributed by atoms with Crippen LogP contribution < -0.4 is 5.32 Å². The minimum atomic E-state index is -3.84. The van der Waals surface area contributed by atoms with Crippen LogP contribution in [0.25, 0.3) is 0 Å². The first-order valence-corrected chi connectivity index (χ1v) is 12.0. The van der Waals surface area contributed by atoms with Crippen molar-refractivity contribution < 1.29 is 27.9 Å². The maximum Gasteiger partial charge on any atom is 0.255 e. The Kier molecular flexibility index (Phi) is 5.65. The quantitative estimate of drug-likeness (QED) is 0.635. The van der Waals surface area contributed by atoms with E-state index in [4.69, 9.17) is 0 Å². The van der Waals surface area contributed by atoms with Crippen molar-refractivity contribution in [2.24, 2.45) is 5.41 Å². The highest BCUT2D eigenvalue weighted by Crippen LogP contribution is 2.38. The Bertz CT molecular complexity index is 1020. The summed E-state index contributed by atoms with van der Waals surface area (Å²) in [4.78, 5) is 38.1. The Hall–Kier alpha value is -2.30. The Morgan fingerprint density at radius 2 is 1.90 bits per heavy atom. The lowest BCUT2D eigenvalue weighted by molar-refractivity contribution is -0.136. The first kappa shape index (κ1) is 21.9. The monoisotopic (exact) mass is 449 g/mol. The second-order valence-corrected chi connectivity index (χ2v) is 10.5. The smallest absolute Gasteiger partial charge is 0.255 e. The molecule has 9 nitrogen and oxygen atoms in total. The summed E-state index contributed by atoms with van der Waals surface area (Å²) in [5, 5.41) is 12.0. The van der Waals surface area contributed by atoms with Gasteiger partial charge in [0.2, 0.25) is 21.8 Å². The predicted octanol–water partition coefficient (Wildman–Crippen LogP) is 0.621. The van der Waals surface area contributed by atoms with Gasteiger partial charge in [-0.05, 0) is 43.2 Å². The fourth-order valence-electron chi connectivity index (χ4n) is 4.76. The van der Waals surface area contributed by atoms with Crippen LogP contribution in [0.3, 0.4) is 0 Å². The highest BCUT2D eigenvalue weighted by molar-refractivity contribution is 7.89. The van der Waals surface area contributed by atoms with Crippen molar-refractivity contribution in [1.82, 2.24) is 14.5 Å². The zero-order valence-corrected chi connectivity index (χ0v) is 18.3. The van der Waals surface area contributed by atoms with E-state index in [1.165, 1.54) is 15.3 Å². The van der Waals surface area contributed by atoms with Crippen molar-refractivity contribution in [3.8, 4) is 0 Å². The van der Waals surface area contributed by atoms with Gasteiger partial charge in [0.1, 0.15) is 6.04 Å². The van der Waals surface area contributed by atoms with E-state index in [2.05, 4.69) is 5.32 Å². The number of hydrogen-bond acceptors (Lipinski definition) is 6. The summed E-state index contributed by atoms with van der Waals surface area (Å²) in [5.41, 5.74) is 0.427. The summed E-state index contributed by atoms with van der Waals surface area (Å²) in [5.74, 6) is -1.30. The average Bonchev–Trinajstić information content (AvgIpc) is 3.10. The van der Waals surface area contributed by atoms with E-state index in [1.807, 2.05) is 6.92 Å². The number of benzene rings is 1. The highest BCUT2D eigenvalue weighted by atomic mass is 32.2. The highest BCUT2D eigenvalue weighted by Gasteiger charge is 2.43. The van der Waals surface area contributed by atoms with Crippen LogP contribution in [0.15, 0.2) is 23.1 Å². The van der Waals surface area contributed by atoms with Crippen molar-refractivity contribution in [3.63, 3.8) is 0 Å². The predicted molar refractivity (Wildman–Crippen MR) is 110 cm³/mol. The number of nitrogens with one attached hydrogen (secondary N) is 1. The molecule has 2 fully saturated rings. The molecule has 1 aromatic carbocycles. The molecule has 3 aliphatic rings. The number of piperidine rings is 2. The van der Waals surface area contributed by atoms with Gasteiger partial charge >= 0.3 is 0 Å². The Morgan fingerprint density at radius 1 is 1.19 bits per heavy atom. The third-order valence-electron chi connectivity index (χ3n) is 7.03. The molecule has 0 spiro atoms. The number of aliphatic hydroxyl groups excluding tert-OH is 1. The van der Waals surface area contributed by atoms with E-state index in [1.54, 1.807) is 12.1 Å². The van der Waals surface area contributed by atoms with Crippen LogP contribution in [0.4, 0.5) is 0 Å². The SMILES string of the molecule is CCC1(CO)CCN(S(=O)(=O)c2cccc3c2CN(C2CCC(=O)NC2=O)C3=O)CC1. The largest absolute Gasteiger partial charge is 0.396 e. The molecule has 10 heteroatoms. The molecule has 1 aromatic rings. The van der Waals surface area contributed by atoms with Gasteiger partial charge in [-0.2, -0.15) is 4.31 Å². The van der Waals surface area contributed by atoms with Gasteiger partial charge in [-0.15, -0.1) is 0 Å². The van der Waals surface area contributed by atoms with Crippen molar-refractivity contribution >= 4 is 27.7 Å². The van der Waals surface area contributed by atoms with Crippen molar-refractivity contribution in [1.29, 1.82) is 0 Å². The lowest BCUT2D eigenvalue weighted by Gasteiger charge is -2.39. The third kappa shape index (κ3) is 3.66. The van der Waals surface area contributed by atoms with Gasteiger partial charge < -0.3 is 10.0 Å². The van der Waals surface area contributed by atoms with Gasteiger partial charge in [0.15, 0.2) is 0 Å². The van der Waals surface area contributed by atoms with Gasteiger partial charge in [-0.1, -0.05) is 13.0 Å². The van der Waals surface area contributed by atoms with Crippen LogP contribution >= 0.6 is 0 Å². The molecular formula is C21H27N3O6S. The molecule has 2 N–H and O–H groups in total. The second kappa shape index (κ2) is 7.99. The van der Waals surface area contributed by atoms with Crippen LogP contribution in [0, 0.1) is 5.41 Å². The molecular weight excluding hydrogens is 422 g/mol. The molecule has 0 radical (unpaired) electrons. The van der Waals surface area contributed by atoms with Gasteiger partial charge in [0, 0.05) is 43.8 Å². The van der Waals surface area contributed by atoms with Gasteiger partial charge in [-0.25, -0.2) is 8.42 Å². The summed E-state index contributed by atoms with van der Waals surface area (Å²) in [6, 6.07) is 3.83. The minimum absolute atomic E-state index is 0.0131. The molecule has 1 unspecified atom stereocenters. The number of rotatable bonds is 5. The number of nitrogens with zero attached hydrogens (tertiary/aromatic N) is 2. The van der Waals surface area contributed by atoms with Crippen molar-refractivity contribution in [2.45, 2.75) is 56.5 Å². The van der Waals surface area contributed by atoms with Crippen LogP contribution in [0.2, 0.25) is 0 Å². The molecule has 168 valence electrons. The summed E-state index contributed by atoms with van der Waals surface area (Å²) in [6.07, 6.45) is 2.30. The number of sulfonamides is 1. The van der Waals surface area contributed by atoms with E-state index >= 15 is 0 Å². The van der Waals surface area contributed by atoms with Gasteiger partial charge in [0.25, 0.3) is 5.91 Å². The molecule has 4 rings (SSSR count). The van der Waals surface area contributed by atoms with Crippen LogP contribution in [-0.2, 0) is 26.2 Å². The summed E-state index contributed by atoms with van der Waals surface area (Å²) in [7, 11) is -3.84. The Labute approximate surface area is 181 Å². The molecule has 31 heavy (non-hydrogen) atoms. The minimum Gasteiger partial charge on any atom is -0.396 e. The van der Waals surface area contributed by atoms with E-state index in [0.717, 1.165) is 6.42 Å². The molecule has 3 heterocycles. The first-order valence-electron chi connectivity index (χ1n) is 10.6. The lowest BCUT2D eigenvalue weighted by atomic mass is 9.77. The lowest BCUT2D eigenvalue weighted by Crippen LogP contribution is -2.52. The number of carbonyl (C=O) groups is 3.